The smallest absolute Gasteiger partial charge is 0.226 e. The average Bonchev–Trinajstić information content (AvgIpc) is 3.30. The monoisotopic (exact) mass is 377 g/mol. The molecule has 28 heavy (non-hydrogen) atoms. The fourth-order valence-electron chi connectivity index (χ4n) is 3.25. The molecule has 3 aromatic rings. The van der Waals surface area contributed by atoms with Crippen molar-refractivity contribution < 1.29 is 9.32 Å². The zero-order chi connectivity index (χ0) is 19.3. The van der Waals surface area contributed by atoms with Gasteiger partial charge in [-0.1, -0.05) is 5.16 Å². The predicted octanol–water partition coefficient (Wildman–Crippen LogP) is 1.95. The van der Waals surface area contributed by atoms with Crippen LogP contribution in [0.4, 0.5) is 0 Å². The van der Waals surface area contributed by atoms with Crippen molar-refractivity contribution in [3.63, 3.8) is 0 Å². The summed E-state index contributed by atoms with van der Waals surface area (Å²) >= 11 is 0. The predicted molar refractivity (Wildman–Crippen MR) is 97.4 cm³/mol. The summed E-state index contributed by atoms with van der Waals surface area (Å²) in [5.74, 6) is 1.10. The Bertz CT molecular complexity index is 1000. The van der Waals surface area contributed by atoms with E-state index < -0.39 is 0 Å². The zero-order valence-electron chi connectivity index (χ0n) is 15.3. The first-order valence-electron chi connectivity index (χ1n) is 9.20. The van der Waals surface area contributed by atoms with Crippen LogP contribution in [0.3, 0.4) is 0 Å². The zero-order valence-corrected chi connectivity index (χ0v) is 15.3. The highest BCUT2D eigenvalue weighted by molar-refractivity contribution is 5.76. The van der Waals surface area contributed by atoms with Gasteiger partial charge >= 0.3 is 0 Å². The van der Waals surface area contributed by atoms with Crippen LogP contribution in [0.15, 0.2) is 35.1 Å². The lowest BCUT2D eigenvalue weighted by atomic mass is 10.2. The van der Waals surface area contributed by atoms with Gasteiger partial charge in [-0.2, -0.15) is 15.3 Å². The number of carbonyl (C=O) groups is 1. The summed E-state index contributed by atoms with van der Waals surface area (Å²) in [6.07, 6.45) is 5.77. The molecule has 0 aliphatic carbocycles. The van der Waals surface area contributed by atoms with Gasteiger partial charge in [-0.15, -0.1) is 0 Å². The minimum absolute atomic E-state index is 0.0835. The largest absolute Gasteiger partial charge is 0.339 e. The highest BCUT2D eigenvalue weighted by Gasteiger charge is 2.20. The lowest BCUT2D eigenvalue weighted by Gasteiger charge is -2.19. The SMILES string of the molecule is N#Cc1cc2n(n1)CCCN(C(=O)CCCc1nc(-c3cccnc3)no1)C2. The Balaban J connectivity index is 1.31. The number of aryl methyl sites for hydroxylation is 2. The molecule has 0 N–H and O–H groups in total. The van der Waals surface area contributed by atoms with Crippen molar-refractivity contribution in [1.29, 1.82) is 5.26 Å². The van der Waals surface area contributed by atoms with E-state index in [1.54, 1.807) is 18.5 Å². The second-order valence-electron chi connectivity index (χ2n) is 6.63. The molecular weight excluding hydrogens is 358 g/mol. The van der Waals surface area contributed by atoms with E-state index in [9.17, 15) is 4.79 Å². The van der Waals surface area contributed by atoms with E-state index in [-0.39, 0.29) is 5.91 Å². The second kappa shape index (κ2) is 8.00. The molecule has 142 valence electrons. The standard InChI is InChI=1S/C19H19N7O2/c20-11-15-10-16-13-25(8-3-9-26(16)23-15)18(27)6-1-5-17-22-19(24-28-17)14-4-2-7-21-12-14/h2,4,7,10,12H,1,3,5-6,8-9,13H2. The molecule has 3 aromatic heterocycles. The minimum atomic E-state index is 0.0835. The lowest BCUT2D eigenvalue weighted by molar-refractivity contribution is -0.131. The van der Waals surface area contributed by atoms with Gasteiger partial charge in [0.2, 0.25) is 17.6 Å². The molecule has 0 bridgehead atoms. The van der Waals surface area contributed by atoms with Crippen molar-refractivity contribution in [3.8, 4) is 17.5 Å². The summed E-state index contributed by atoms with van der Waals surface area (Å²) in [6.45, 7) is 1.90. The summed E-state index contributed by atoms with van der Waals surface area (Å²) in [7, 11) is 0. The van der Waals surface area contributed by atoms with Crippen molar-refractivity contribution >= 4 is 5.91 Å². The van der Waals surface area contributed by atoms with Crippen LogP contribution in [0.25, 0.3) is 11.4 Å². The van der Waals surface area contributed by atoms with Crippen molar-refractivity contribution in [2.45, 2.75) is 38.8 Å². The first-order valence-corrected chi connectivity index (χ1v) is 9.20. The fourth-order valence-corrected chi connectivity index (χ4v) is 3.25. The molecule has 4 rings (SSSR count). The number of fused-ring (bicyclic) bond motifs is 1. The minimum Gasteiger partial charge on any atom is -0.339 e. The maximum absolute atomic E-state index is 12.6. The Morgan fingerprint density at radius 2 is 2.29 bits per heavy atom. The van der Waals surface area contributed by atoms with Gasteiger partial charge in [-0.25, -0.2) is 0 Å². The van der Waals surface area contributed by atoms with Gasteiger partial charge in [0, 0.05) is 43.9 Å². The Morgan fingerprint density at radius 3 is 3.11 bits per heavy atom. The summed E-state index contributed by atoms with van der Waals surface area (Å²) in [6, 6.07) is 7.49. The highest BCUT2D eigenvalue weighted by atomic mass is 16.5. The van der Waals surface area contributed by atoms with E-state index in [0.29, 0.717) is 49.8 Å². The van der Waals surface area contributed by atoms with Gasteiger partial charge in [0.25, 0.3) is 0 Å². The van der Waals surface area contributed by atoms with Gasteiger partial charge in [-0.3, -0.25) is 14.5 Å². The molecule has 0 saturated carbocycles. The van der Waals surface area contributed by atoms with E-state index >= 15 is 0 Å². The molecule has 0 fully saturated rings. The van der Waals surface area contributed by atoms with Crippen LogP contribution in [-0.4, -0.2) is 42.3 Å². The summed E-state index contributed by atoms with van der Waals surface area (Å²) in [4.78, 5) is 22.8. The van der Waals surface area contributed by atoms with E-state index in [2.05, 4.69) is 26.3 Å². The van der Waals surface area contributed by atoms with Crippen molar-refractivity contribution in [3.05, 3.63) is 47.9 Å². The topological polar surface area (TPSA) is 114 Å². The number of nitriles is 1. The van der Waals surface area contributed by atoms with Crippen LogP contribution in [0.1, 0.15) is 36.5 Å². The van der Waals surface area contributed by atoms with Crippen molar-refractivity contribution in [1.82, 2.24) is 29.8 Å². The third kappa shape index (κ3) is 3.91. The number of aromatic nitrogens is 5. The molecule has 4 heterocycles. The summed E-state index contributed by atoms with van der Waals surface area (Å²) < 4.78 is 7.10. The van der Waals surface area contributed by atoms with Gasteiger partial charge in [0.05, 0.1) is 12.2 Å². The average molecular weight is 377 g/mol. The maximum atomic E-state index is 12.6. The first-order chi connectivity index (χ1) is 13.7. The number of nitrogens with zero attached hydrogens (tertiary/aromatic N) is 7. The number of carbonyl (C=O) groups excluding carboxylic acids is 1. The molecule has 9 nitrogen and oxygen atoms in total. The van der Waals surface area contributed by atoms with Crippen molar-refractivity contribution in [2.24, 2.45) is 0 Å². The highest BCUT2D eigenvalue weighted by Crippen LogP contribution is 2.17. The van der Waals surface area contributed by atoms with Crippen LogP contribution in [0.5, 0.6) is 0 Å². The third-order valence-corrected chi connectivity index (χ3v) is 4.65. The lowest BCUT2D eigenvalue weighted by Crippen LogP contribution is -2.30. The number of rotatable bonds is 5. The Labute approximate surface area is 161 Å². The maximum Gasteiger partial charge on any atom is 0.226 e. The molecule has 0 radical (unpaired) electrons. The van der Waals surface area contributed by atoms with E-state index in [1.807, 2.05) is 21.7 Å². The van der Waals surface area contributed by atoms with Gasteiger partial charge in [0.15, 0.2) is 5.69 Å². The summed E-state index contributed by atoms with van der Waals surface area (Å²) in [5.41, 5.74) is 2.09. The molecule has 0 saturated heterocycles. The fraction of sp³-hybridized carbons (Fsp3) is 0.368. The Hall–Kier alpha value is -3.54. The molecule has 1 aliphatic heterocycles. The molecular formula is C19H19N7O2. The molecule has 0 aromatic carbocycles. The Morgan fingerprint density at radius 1 is 1.36 bits per heavy atom. The van der Waals surface area contributed by atoms with Crippen LogP contribution in [-0.2, 0) is 24.3 Å². The first kappa shape index (κ1) is 17.9. The number of hydrogen-bond acceptors (Lipinski definition) is 7. The van der Waals surface area contributed by atoms with Crippen LogP contribution in [0.2, 0.25) is 0 Å². The normalized spacial score (nSPS) is 13.6. The van der Waals surface area contributed by atoms with Gasteiger partial charge in [0.1, 0.15) is 6.07 Å². The quantitative estimate of drug-likeness (QED) is 0.667. The van der Waals surface area contributed by atoms with Crippen LogP contribution < -0.4 is 0 Å². The van der Waals surface area contributed by atoms with E-state index in [0.717, 1.165) is 24.2 Å². The summed E-state index contributed by atoms with van der Waals surface area (Å²) in [5, 5.41) is 17.2. The molecule has 9 heteroatoms. The second-order valence-corrected chi connectivity index (χ2v) is 6.63. The van der Waals surface area contributed by atoms with E-state index in [1.165, 1.54) is 0 Å². The molecule has 0 atom stereocenters. The molecule has 0 unspecified atom stereocenters. The van der Waals surface area contributed by atoms with Crippen LogP contribution in [0, 0.1) is 11.3 Å². The van der Waals surface area contributed by atoms with Gasteiger partial charge in [-0.05, 0) is 31.0 Å². The Kier molecular flexibility index (Phi) is 5.10. The number of amides is 1. The van der Waals surface area contributed by atoms with Gasteiger partial charge < -0.3 is 9.42 Å². The number of pyridine rings is 1. The molecule has 0 spiro atoms. The van der Waals surface area contributed by atoms with Crippen molar-refractivity contribution in [2.75, 3.05) is 6.54 Å². The third-order valence-electron chi connectivity index (χ3n) is 4.65. The number of hydrogen-bond donors (Lipinski definition) is 0. The van der Waals surface area contributed by atoms with Crippen LogP contribution >= 0.6 is 0 Å². The van der Waals surface area contributed by atoms with E-state index in [4.69, 9.17) is 9.78 Å². The molecule has 1 amide bonds. The molecule has 1 aliphatic rings.